The number of rotatable bonds is 3. The first kappa shape index (κ1) is 11.5. The van der Waals surface area contributed by atoms with Crippen molar-refractivity contribution in [2.45, 2.75) is 20.0 Å². The second-order valence-corrected chi connectivity index (χ2v) is 4.07. The Hall–Kier alpha value is -2.03. The lowest BCUT2D eigenvalue weighted by Crippen LogP contribution is -2.26. The summed E-state index contributed by atoms with van der Waals surface area (Å²) in [6.45, 7) is 3.83. The lowest BCUT2D eigenvalue weighted by atomic mass is 10.1. The number of nitrogens with one attached hydrogen (secondary N) is 1. The van der Waals surface area contributed by atoms with Gasteiger partial charge in [-0.3, -0.25) is 5.32 Å². The lowest BCUT2D eigenvalue weighted by Gasteiger charge is -2.17. The molecule has 1 amide bonds. The molecule has 3 heteroatoms. The third-order valence-electron chi connectivity index (χ3n) is 2.57. The molecule has 0 radical (unpaired) electrons. The Bertz CT molecular complexity index is 474. The third kappa shape index (κ3) is 2.97. The molecule has 2 rings (SSSR count). The molecule has 0 fully saturated rings. The SMILES string of the molecule is CC1=CC(NC(=O)OC(C)c2ccccc2)=C1. The van der Waals surface area contributed by atoms with Crippen molar-refractivity contribution in [2.75, 3.05) is 0 Å². The van der Waals surface area contributed by atoms with Crippen molar-refractivity contribution < 1.29 is 9.53 Å². The van der Waals surface area contributed by atoms with Crippen LogP contribution in [0.4, 0.5) is 4.79 Å². The van der Waals surface area contributed by atoms with Crippen LogP contribution < -0.4 is 5.32 Å². The summed E-state index contributed by atoms with van der Waals surface area (Å²) in [5.74, 6) is 0. The maximum Gasteiger partial charge on any atom is 0.412 e. The monoisotopic (exact) mass is 229 g/mol. The van der Waals surface area contributed by atoms with Gasteiger partial charge in [0.2, 0.25) is 0 Å². The first-order chi connectivity index (χ1) is 8.15. The number of ether oxygens (including phenoxy) is 1. The van der Waals surface area contributed by atoms with Crippen LogP contribution in [0.3, 0.4) is 0 Å². The highest BCUT2D eigenvalue weighted by molar-refractivity contribution is 5.72. The van der Waals surface area contributed by atoms with E-state index in [9.17, 15) is 4.79 Å². The van der Waals surface area contributed by atoms with Crippen LogP contribution in [-0.2, 0) is 4.74 Å². The number of alkyl carbamates (subject to hydrolysis) is 1. The summed E-state index contributed by atoms with van der Waals surface area (Å²) < 4.78 is 5.26. The maximum absolute atomic E-state index is 11.5. The van der Waals surface area contributed by atoms with Gasteiger partial charge in [-0.1, -0.05) is 30.3 Å². The molecule has 0 saturated carbocycles. The highest BCUT2D eigenvalue weighted by Crippen LogP contribution is 2.17. The van der Waals surface area contributed by atoms with E-state index in [1.165, 1.54) is 0 Å². The van der Waals surface area contributed by atoms with Crippen molar-refractivity contribution in [3.63, 3.8) is 0 Å². The zero-order valence-electron chi connectivity index (χ0n) is 9.94. The Morgan fingerprint density at radius 2 is 1.88 bits per heavy atom. The molecule has 1 aliphatic rings. The number of amides is 1. The highest BCUT2D eigenvalue weighted by atomic mass is 16.6. The molecule has 0 aromatic heterocycles. The second kappa shape index (κ2) is 4.87. The summed E-state index contributed by atoms with van der Waals surface area (Å²) in [5.41, 5.74) is 2.93. The zero-order chi connectivity index (χ0) is 12.3. The fraction of sp³-hybridized carbons (Fsp3) is 0.214. The van der Waals surface area contributed by atoms with Crippen LogP contribution in [0.15, 0.2) is 53.8 Å². The van der Waals surface area contributed by atoms with Gasteiger partial charge in [-0.15, -0.1) is 0 Å². The van der Waals surface area contributed by atoms with Crippen molar-refractivity contribution in [2.24, 2.45) is 0 Å². The Morgan fingerprint density at radius 3 is 2.47 bits per heavy atom. The van der Waals surface area contributed by atoms with Gasteiger partial charge in [0.15, 0.2) is 0 Å². The first-order valence-corrected chi connectivity index (χ1v) is 5.58. The molecule has 17 heavy (non-hydrogen) atoms. The van der Waals surface area contributed by atoms with Gasteiger partial charge in [0.25, 0.3) is 0 Å². The Balaban J connectivity index is 1.85. The summed E-state index contributed by atoms with van der Waals surface area (Å²) in [6.07, 6.45) is 3.13. The quantitative estimate of drug-likeness (QED) is 0.863. The zero-order valence-corrected chi connectivity index (χ0v) is 9.94. The van der Waals surface area contributed by atoms with Crippen LogP contribution in [0, 0.1) is 0 Å². The molecule has 1 aromatic carbocycles. The van der Waals surface area contributed by atoms with Crippen LogP contribution in [0.1, 0.15) is 25.5 Å². The Morgan fingerprint density at radius 1 is 1.24 bits per heavy atom. The molecule has 0 aliphatic heterocycles. The smallest absolute Gasteiger partial charge is 0.412 e. The van der Waals surface area contributed by atoms with E-state index in [-0.39, 0.29) is 6.10 Å². The lowest BCUT2D eigenvalue weighted by molar-refractivity contribution is 0.110. The molecule has 1 atom stereocenters. The summed E-state index contributed by atoms with van der Waals surface area (Å²) in [7, 11) is 0. The summed E-state index contributed by atoms with van der Waals surface area (Å²) in [4.78, 5) is 11.5. The molecule has 88 valence electrons. The minimum absolute atomic E-state index is 0.248. The summed E-state index contributed by atoms with van der Waals surface area (Å²) in [6, 6.07) is 9.65. The van der Waals surface area contributed by atoms with Gasteiger partial charge in [0.1, 0.15) is 6.10 Å². The van der Waals surface area contributed by atoms with E-state index in [1.54, 1.807) is 0 Å². The standard InChI is InChI=1S/C14H15NO2/c1-10-8-13(9-10)15-14(16)17-11(2)12-6-4-3-5-7-12/h3-9,11H,1-2H3,(H,15,16). The van der Waals surface area contributed by atoms with Crippen LogP contribution in [-0.4, -0.2) is 6.09 Å². The van der Waals surface area contributed by atoms with E-state index in [1.807, 2.05) is 56.3 Å². The molecule has 0 heterocycles. The van der Waals surface area contributed by atoms with E-state index < -0.39 is 6.09 Å². The third-order valence-corrected chi connectivity index (χ3v) is 2.57. The van der Waals surface area contributed by atoms with Crippen molar-refractivity contribution >= 4 is 6.09 Å². The van der Waals surface area contributed by atoms with Crippen molar-refractivity contribution in [3.8, 4) is 0 Å². The van der Waals surface area contributed by atoms with Crippen molar-refractivity contribution in [3.05, 3.63) is 59.3 Å². The molecule has 3 nitrogen and oxygen atoms in total. The number of carbonyl (C=O) groups is 1. The van der Waals surface area contributed by atoms with Crippen molar-refractivity contribution in [1.82, 2.24) is 5.32 Å². The number of allylic oxidation sites excluding steroid dienone is 3. The highest BCUT2D eigenvalue weighted by Gasteiger charge is 2.13. The maximum atomic E-state index is 11.5. The number of carbonyl (C=O) groups excluding carboxylic acids is 1. The molecule has 1 aliphatic carbocycles. The minimum atomic E-state index is -0.420. The molecular formula is C14H15NO2. The predicted molar refractivity (Wildman–Crippen MR) is 66.3 cm³/mol. The topological polar surface area (TPSA) is 38.3 Å². The number of hydrogen-bond acceptors (Lipinski definition) is 2. The molecule has 0 spiro atoms. The van der Waals surface area contributed by atoms with Gasteiger partial charge in [-0.2, -0.15) is 0 Å². The van der Waals surface area contributed by atoms with Gasteiger partial charge in [0, 0.05) is 5.70 Å². The Kier molecular flexibility index (Phi) is 3.28. The van der Waals surface area contributed by atoms with E-state index in [4.69, 9.17) is 4.74 Å². The van der Waals surface area contributed by atoms with Crippen LogP contribution in [0.25, 0.3) is 0 Å². The van der Waals surface area contributed by atoms with Crippen LogP contribution in [0.5, 0.6) is 0 Å². The van der Waals surface area contributed by atoms with Crippen LogP contribution in [0.2, 0.25) is 0 Å². The van der Waals surface area contributed by atoms with E-state index >= 15 is 0 Å². The van der Waals surface area contributed by atoms with Gasteiger partial charge in [-0.05, 0) is 37.1 Å². The number of benzene rings is 1. The molecule has 1 unspecified atom stereocenters. The van der Waals surface area contributed by atoms with E-state index in [0.29, 0.717) is 0 Å². The van der Waals surface area contributed by atoms with E-state index in [0.717, 1.165) is 16.8 Å². The molecule has 0 saturated heterocycles. The van der Waals surface area contributed by atoms with Gasteiger partial charge >= 0.3 is 6.09 Å². The summed E-state index contributed by atoms with van der Waals surface area (Å²) >= 11 is 0. The predicted octanol–water partition coefficient (Wildman–Crippen LogP) is 3.32. The van der Waals surface area contributed by atoms with E-state index in [2.05, 4.69) is 5.32 Å². The fourth-order valence-electron chi connectivity index (χ4n) is 1.65. The second-order valence-electron chi connectivity index (χ2n) is 4.07. The largest absolute Gasteiger partial charge is 0.441 e. The normalized spacial score (nSPS) is 15.2. The first-order valence-electron chi connectivity index (χ1n) is 5.58. The average Bonchev–Trinajstić information content (AvgIpc) is 2.28. The molecule has 1 N–H and O–H groups in total. The summed E-state index contributed by atoms with van der Waals surface area (Å²) in [5, 5.41) is 2.67. The van der Waals surface area contributed by atoms with Crippen LogP contribution >= 0.6 is 0 Å². The molecule has 1 aromatic rings. The fourth-order valence-corrected chi connectivity index (χ4v) is 1.65. The van der Waals surface area contributed by atoms with Gasteiger partial charge in [0.05, 0.1) is 0 Å². The minimum Gasteiger partial charge on any atom is -0.441 e. The van der Waals surface area contributed by atoms with Gasteiger partial charge < -0.3 is 4.74 Å². The van der Waals surface area contributed by atoms with Gasteiger partial charge in [-0.25, -0.2) is 4.79 Å². The molecular weight excluding hydrogens is 214 g/mol. The Labute approximate surface area is 101 Å². The number of hydrogen-bond donors (Lipinski definition) is 1. The van der Waals surface area contributed by atoms with Crippen molar-refractivity contribution in [1.29, 1.82) is 0 Å². The average molecular weight is 229 g/mol. The molecule has 0 bridgehead atoms.